The van der Waals surface area contributed by atoms with Gasteiger partial charge in [-0.3, -0.25) is 4.79 Å². The van der Waals surface area contributed by atoms with Crippen molar-refractivity contribution in [3.63, 3.8) is 0 Å². The molecule has 6 nitrogen and oxygen atoms in total. The third-order valence-electron chi connectivity index (χ3n) is 4.90. The molecular formula is C22H18O6. The van der Waals surface area contributed by atoms with Crippen molar-refractivity contribution in [1.29, 1.82) is 0 Å². The molecule has 1 atom stereocenters. The molecule has 0 amide bonds. The lowest BCUT2D eigenvalue weighted by Crippen LogP contribution is -2.21. The minimum absolute atomic E-state index is 0.0135. The number of carbonyl (C=O) groups is 1. The fraction of sp³-hybridized carbons (Fsp3) is 0.136. The van der Waals surface area contributed by atoms with Crippen LogP contribution in [0.4, 0.5) is 0 Å². The molecule has 6 heteroatoms. The molecular weight excluding hydrogens is 360 g/mol. The van der Waals surface area contributed by atoms with Gasteiger partial charge < -0.3 is 25.2 Å². The molecule has 0 bridgehead atoms. The highest BCUT2D eigenvalue weighted by Gasteiger charge is 2.32. The predicted octanol–water partition coefficient (Wildman–Crippen LogP) is 3.81. The summed E-state index contributed by atoms with van der Waals surface area (Å²) in [7, 11) is 0. The van der Waals surface area contributed by atoms with Crippen LogP contribution in [0.2, 0.25) is 0 Å². The number of aromatic hydroxyl groups is 4. The largest absolute Gasteiger partial charge is 0.507 e. The van der Waals surface area contributed by atoms with Crippen LogP contribution in [0.15, 0.2) is 54.6 Å². The van der Waals surface area contributed by atoms with Crippen molar-refractivity contribution < 1.29 is 30.0 Å². The first-order chi connectivity index (χ1) is 13.5. The van der Waals surface area contributed by atoms with Crippen molar-refractivity contribution >= 4 is 5.78 Å². The number of para-hydroxylation sites is 1. The average molecular weight is 378 g/mol. The number of Topliss-reactive ketones (excluding diaryl/α,β-unsaturated/α-hetero) is 1. The van der Waals surface area contributed by atoms with Gasteiger partial charge in [-0.15, -0.1) is 0 Å². The molecule has 0 saturated carbocycles. The zero-order chi connectivity index (χ0) is 19.8. The van der Waals surface area contributed by atoms with Crippen LogP contribution in [0.5, 0.6) is 28.7 Å². The van der Waals surface area contributed by atoms with Gasteiger partial charge in [0, 0.05) is 23.6 Å². The third kappa shape index (κ3) is 2.99. The highest BCUT2D eigenvalue weighted by atomic mass is 16.5. The van der Waals surface area contributed by atoms with Crippen LogP contribution in [-0.2, 0) is 6.42 Å². The molecule has 4 N–H and O–H groups in total. The normalized spacial score (nSPS) is 15.7. The van der Waals surface area contributed by atoms with E-state index in [9.17, 15) is 25.2 Å². The van der Waals surface area contributed by atoms with Crippen molar-refractivity contribution in [1.82, 2.24) is 0 Å². The Morgan fingerprint density at radius 1 is 0.893 bits per heavy atom. The number of fused-ring (bicyclic) bond motifs is 1. The van der Waals surface area contributed by atoms with Crippen molar-refractivity contribution in [2.45, 2.75) is 18.9 Å². The maximum absolute atomic E-state index is 12.7. The van der Waals surface area contributed by atoms with Crippen LogP contribution in [0.3, 0.4) is 0 Å². The van der Waals surface area contributed by atoms with Crippen molar-refractivity contribution in [3.8, 4) is 28.7 Å². The first-order valence-corrected chi connectivity index (χ1v) is 8.78. The van der Waals surface area contributed by atoms with E-state index in [1.165, 1.54) is 18.2 Å². The molecule has 0 fully saturated rings. The topological polar surface area (TPSA) is 107 Å². The second kappa shape index (κ2) is 6.81. The number of phenols is 4. The highest BCUT2D eigenvalue weighted by Crippen LogP contribution is 2.45. The van der Waals surface area contributed by atoms with E-state index in [1.54, 1.807) is 6.07 Å². The maximum atomic E-state index is 12.7. The molecule has 0 unspecified atom stereocenters. The number of hydrogen-bond acceptors (Lipinski definition) is 6. The van der Waals surface area contributed by atoms with Gasteiger partial charge in [0.2, 0.25) is 0 Å². The number of ketones is 1. The van der Waals surface area contributed by atoms with Crippen LogP contribution in [-0.4, -0.2) is 26.2 Å². The summed E-state index contributed by atoms with van der Waals surface area (Å²) in [6.07, 6.45) is -0.506. The van der Waals surface area contributed by atoms with Crippen molar-refractivity contribution in [3.05, 3.63) is 76.9 Å². The molecule has 0 saturated heterocycles. The Morgan fingerprint density at radius 3 is 2.39 bits per heavy atom. The summed E-state index contributed by atoms with van der Waals surface area (Å²) in [5.74, 6) is -1.47. The summed E-state index contributed by atoms with van der Waals surface area (Å²) in [4.78, 5) is 12.7. The summed E-state index contributed by atoms with van der Waals surface area (Å²) < 4.78 is 5.87. The summed E-state index contributed by atoms with van der Waals surface area (Å²) >= 11 is 0. The summed E-state index contributed by atoms with van der Waals surface area (Å²) in [6, 6.07) is 15.0. The molecule has 3 aromatic carbocycles. The first-order valence-electron chi connectivity index (χ1n) is 8.78. The molecule has 4 rings (SSSR count). The van der Waals surface area contributed by atoms with E-state index < -0.39 is 6.10 Å². The summed E-state index contributed by atoms with van der Waals surface area (Å²) in [5.41, 5.74) is 1.22. The molecule has 0 radical (unpaired) electrons. The van der Waals surface area contributed by atoms with Crippen LogP contribution < -0.4 is 4.74 Å². The molecule has 1 aliphatic rings. The Hall–Kier alpha value is -3.67. The van der Waals surface area contributed by atoms with Gasteiger partial charge in [0.1, 0.15) is 28.9 Å². The van der Waals surface area contributed by atoms with Crippen LogP contribution in [0, 0.1) is 0 Å². The zero-order valence-electron chi connectivity index (χ0n) is 14.8. The Morgan fingerprint density at radius 2 is 1.64 bits per heavy atom. The standard InChI is InChI=1S/C22H18O6/c23-15-8-4-7-13(21(15)26)9-14-16(24)10-19-20(22(14)27)17(25)11-18(28-19)12-5-2-1-3-6-12/h1-8,10,18,23-24,26-27H,9,11H2/t18-/m1/s1. The molecule has 142 valence electrons. The third-order valence-corrected chi connectivity index (χ3v) is 4.90. The SMILES string of the molecule is O=C1C[C@H](c2ccccc2)Oc2cc(O)c(Cc3cccc(O)c3O)c(O)c21. The van der Waals surface area contributed by atoms with E-state index in [2.05, 4.69) is 0 Å². The fourth-order valence-electron chi connectivity index (χ4n) is 3.44. The van der Waals surface area contributed by atoms with Gasteiger partial charge in [-0.25, -0.2) is 0 Å². The van der Waals surface area contributed by atoms with Gasteiger partial charge in [-0.2, -0.15) is 0 Å². The molecule has 1 heterocycles. The molecule has 3 aromatic rings. The lowest BCUT2D eigenvalue weighted by molar-refractivity contribution is 0.0844. The second-order valence-electron chi connectivity index (χ2n) is 6.70. The monoisotopic (exact) mass is 378 g/mol. The van der Waals surface area contributed by atoms with Gasteiger partial charge in [-0.05, 0) is 11.6 Å². The number of benzene rings is 3. The quantitative estimate of drug-likeness (QED) is 0.517. The minimum Gasteiger partial charge on any atom is -0.507 e. The van der Waals surface area contributed by atoms with E-state index in [0.29, 0.717) is 5.56 Å². The number of phenolic OH excluding ortho intramolecular Hbond substituents is 4. The van der Waals surface area contributed by atoms with Crippen LogP contribution >= 0.6 is 0 Å². The number of rotatable bonds is 3. The Kier molecular flexibility index (Phi) is 4.31. The van der Waals surface area contributed by atoms with E-state index in [0.717, 1.165) is 5.56 Å². The lowest BCUT2D eigenvalue weighted by Gasteiger charge is -2.27. The lowest BCUT2D eigenvalue weighted by atomic mass is 9.92. The first kappa shape index (κ1) is 17.7. The van der Waals surface area contributed by atoms with Crippen LogP contribution in [0.25, 0.3) is 0 Å². The molecule has 0 aromatic heterocycles. The predicted molar refractivity (Wildman–Crippen MR) is 101 cm³/mol. The van der Waals surface area contributed by atoms with Gasteiger partial charge in [0.25, 0.3) is 0 Å². The highest BCUT2D eigenvalue weighted by molar-refractivity contribution is 6.03. The van der Waals surface area contributed by atoms with Crippen LogP contribution in [0.1, 0.15) is 39.6 Å². The average Bonchev–Trinajstić information content (AvgIpc) is 2.68. The molecule has 0 aliphatic carbocycles. The molecule has 1 aliphatic heterocycles. The van der Waals surface area contributed by atoms with Gasteiger partial charge in [0.05, 0.1) is 6.42 Å². The number of carbonyl (C=O) groups excluding carboxylic acids is 1. The molecule has 0 spiro atoms. The van der Waals surface area contributed by atoms with Gasteiger partial charge >= 0.3 is 0 Å². The smallest absolute Gasteiger partial charge is 0.174 e. The second-order valence-corrected chi connectivity index (χ2v) is 6.70. The van der Waals surface area contributed by atoms with E-state index in [1.807, 2.05) is 30.3 Å². The Bertz CT molecular complexity index is 1060. The Balaban J connectivity index is 1.73. The maximum Gasteiger partial charge on any atom is 0.174 e. The van der Waals surface area contributed by atoms with Crippen molar-refractivity contribution in [2.24, 2.45) is 0 Å². The Labute approximate surface area is 160 Å². The van der Waals surface area contributed by atoms with Crippen molar-refractivity contribution in [2.75, 3.05) is 0 Å². The van der Waals surface area contributed by atoms with E-state index in [-0.39, 0.29) is 58.5 Å². The van der Waals surface area contributed by atoms with E-state index >= 15 is 0 Å². The molecule has 28 heavy (non-hydrogen) atoms. The number of ether oxygens (including phenoxy) is 1. The van der Waals surface area contributed by atoms with Gasteiger partial charge in [-0.1, -0.05) is 42.5 Å². The summed E-state index contributed by atoms with van der Waals surface area (Å²) in [5, 5.41) is 40.7. The summed E-state index contributed by atoms with van der Waals surface area (Å²) in [6.45, 7) is 0. The van der Waals surface area contributed by atoms with Gasteiger partial charge in [0.15, 0.2) is 17.3 Å². The minimum atomic E-state index is -0.499. The zero-order valence-corrected chi connectivity index (χ0v) is 14.8. The van der Waals surface area contributed by atoms with E-state index in [4.69, 9.17) is 4.74 Å². The fourth-order valence-corrected chi connectivity index (χ4v) is 3.44. The number of hydrogen-bond donors (Lipinski definition) is 4.